The Morgan fingerprint density at radius 1 is 1.29 bits per heavy atom. The van der Waals surface area contributed by atoms with Crippen LogP contribution in [-0.2, 0) is 0 Å². The Morgan fingerprint density at radius 3 is 2.29 bits per heavy atom. The first-order valence-corrected chi connectivity index (χ1v) is 9.37. The first kappa shape index (κ1) is 13.5. The molecule has 88 valence electrons. The summed E-state index contributed by atoms with van der Waals surface area (Å²) in [4.78, 5) is 0. The van der Waals surface area contributed by atoms with Gasteiger partial charge in [0.25, 0.3) is 0 Å². The average Bonchev–Trinajstić information content (AvgIpc) is 2.27. The van der Waals surface area contributed by atoms with Crippen LogP contribution in [0, 0.1) is 11.3 Å². The topological polar surface area (TPSA) is 23.8 Å². The van der Waals surface area contributed by atoms with Gasteiger partial charge in [-0.3, -0.25) is 0 Å². The highest BCUT2D eigenvalue weighted by Gasteiger charge is 2.11. The van der Waals surface area contributed by atoms with Gasteiger partial charge in [-0.1, -0.05) is 43.5 Å². The van der Waals surface area contributed by atoms with E-state index in [2.05, 4.69) is 38.0 Å². The smallest absolute Gasteiger partial charge is 0.0991 e. The molecular weight excluding hydrogens is 222 g/mol. The third-order valence-corrected chi connectivity index (χ3v) is 3.57. The van der Waals surface area contributed by atoms with Gasteiger partial charge in [0.1, 0.15) is 0 Å². The molecule has 0 saturated heterocycles. The number of allylic oxidation sites excluding steroid dienone is 2. The SMILES string of the molecule is C=CC/C(=C\[Si](C)(C)C)c1ccc(C#N)cc1. The molecule has 0 aliphatic rings. The highest BCUT2D eigenvalue weighted by molar-refractivity contribution is 6.81. The molecule has 0 unspecified atom stereocenters. The van der Waals surface area contributed by atoms with Crippen molar-refractivity contribution in [2.45, 2.75) is 26.1 Å². The van der Waals surface area contributed by atoms with Crippen LogP contribution in [0.25, 0.3) is 5.57 Å². The van der Waals surface area contributed by atoms with E-state index in [1.807, 2.05) is 30.3 Å². The fraction of sp³-hybridized carbons (Fsp3) is 0.267. The van der Waals surface area contributed by atoms with Crippen molar-refractivity contribution in [3.05, 3.63) is 53.7 Å². The van der Waals surface area contributed by atoms with E-state index in [0.29, 0.717) is 5.56 Å². The molecule has 1 aromatic rings. The standard InChI is InChI=1S/C15H19NSi/c1-5-6-15(12-17(2,3)4)14-9-7-13(11-16)8-10-14/h5,7-10,12H,1,6H2,2-4H3/b15-12+. The van der Waals surface area contributed by atoms with Gasteiger partial charge in [0.15, 0.2) is 0 Å². The first-order valence-electron chi connectivity index (χ1n) is 5.79. The molecule has 1 aromatic carbocycles. The maximum absolute atomic E-state index is 8.78. The lowest BCUT2D eigenvalue weighted by atomic mass is 10.0. The number of nitriles is 1. The minimum atomic E-state index is -1.24. The molecule has 0 amide bonds. The zero-order valence-corrected chi connectivity index (χ0v) is 11.8. The number of hydrogen-bond donors (Lipinski definition) is 0. The molecule has 0 aliphatic heterocycles. The summed E-state index contributed by atoms with van der Waals surface area (Å²) < 4.78 is 0. The van der Waals surface area contributed by atoms with E-state index in [1.54, 1.807) is 0 Å². The maximum atomic E-state index is 8.78. The van der Waals surface area contributed by atoms with E-state index >= 15 is 0 Å². The zero-order valence-electron chi connectivity index (χ0n) is 10.8. The lowest BCUT2D eigenvalue weighted by molar-refractivity contribution is 1.39. The summed E-state index contributed by atoms with van der Waals surface area (Å²) in [6.07, 6.45) is 2.82. The zero-order chi connectivity index (χ0) is 12.9. The summed E-state index contributed by atoms with van der Waals surface area (Å²) in [6.45, 7) is 10.8. The van der Waals surface area contributed by atoms with Crippen molar-refractivity contribution >= 4 is 13.6 Å². The predicted molar refractivity (Wildman–Crippen MR) is 77.3 cm³/mol. The van der Waals surface area contributed by atoms with Crippen LogP contribution in [0.15, 0.2) is 42.6 Å². The van der Waals surface area contributed by atoms with Gasteiger partial charge in [0.05, 0.1) is 19.7 Å². The van der Waals surface area contributed by atoms with Gasteiger partial charge in [-0.25, -0.2) is 0 Å². The van der Waals surface area contributed by atoms with Crippen LogP contribution < -0.4 is 0 Å². The van der Waals surface area contributed by atoms with Gasteiger partial charge in [-0.2, -0.15) is 5.26 Å². The Balaban J connectivity index is 3.10. The van der Waals surface area contributed by atoms with Gasteiger partial charge in [0, 0.05) is 0 Å². The number of rotatable bonds is 4. The summed E-state index contributed by atoms with van der Waals surface area (Å²) in [5.74, 6) is 0. The highest BCUT2D eigenvalue weighted by Crippen LogP contribution is 2.22. The third kappa shape index (κ3) is 4.42. The van der Waals surface area contributed by atoms with E-state index in [9.17, 15) is 0 Å². The van der Waals surface area contributed by atoms with Crippen LogP contribution >= 0.6 is 0 Å². The lowest BCUT2D eigenvalue weighted by Crippen LogP contribution is -2.16. The molecule has 0 heterocycles. The molecule has 0 spiro atoms. The molecule has 0 atom stereocenters. The summed E-state index contributed by atoms with van der Waals surface area (Å²) in [7, 11) is -1.24. The predicted octanol–water partition coefficient (Wildman–Crippen LogP) is 4.40. The second-order valence-electron chi connectivity index (χ2n) is 5.22. The average molecular weight is 241 g/mol. The lowest BCUT2D eigenvalue weighted by Gasteiger charge is -2.14. The van der Waals surface area contributed by atoms with E-state index in [1.165, 1.54) is 11.1 Å². The number of hydrogen-bond acceptors (Lipinski definition) is 1. The van der Waals surface area contributed by atoms with Crippen molar-refractivity contribution in [3.8, 4) is 6.07 Å². The molecule has 0 fully saturated rings. The summed E-state index contributed by atoms with van der Waals surface area (Å²) in [6, 6.07) is 9.93. The van der Waals surface area contributed by atoms with Gasteiger partial charge in [0.2, 0.25) is 0 Å². The summed E-state index contributed by atoms with van der Waals surface area (Å²) >= 11 is 0. The Morgan fingerprint density at radius 2 is 1.88 bits per heavy atom. The quantitative estimate of drug-likeness (QED) is 0.566. The highest BCUT2D eigenvalue weighted by atomic mass is 28.3. The van der Waals surface area contributed by atoms with Crippen molar-refractivity contribution in [2.75, 3.05) is 0 Å². The molecular formula is C15H19NSi. The van der Waals surface area contributed by atoms with E-state index in [0.717, 1.165) is 6.42 Å². The summed E-state index contributed by atoms with van der Waals surface area (Å²) in [5, 5.41) is 8.78. The van der Waals surface area contributed by atoms with E-state index in [-0.39, 0.29) is 0 Å². The first-order chi connectivity index (χ1) is 7.96. The third-order valence-electron chi connectivity index (χ3n) is 2.36. The molecule has 0 bridgehead atoms. The van der Waals surface area contributed by atoms with Crippen LogP contribution in [0.1, 0.15) is 17.5 Å². The van der Waals surface area contributed by atoms with Crippen LogP contribution in [-0.4, -0.2) is 8.07 Å². The Hall–Kier alpha value is -1.59. The molecule has 1 rings (SSSR count). The fourth-order valence-corrected chi connectivity index (χ4v) is 3.03. The minimum Gasteiger partial charge on any atom is -0.192 e. The maximum Gasteiger partial charge on any atom is 0.0991 e. The van der Waals surface area contributed by atoms with Gasteiger partial charge < -0.3 is 0 Å². The van der Waals surface area contributed by atoms with E-state index < -0.39 is 8.07 Å². The largest absolute Gasteiger partial charge is 0.192 e. The Bertz CT molecular complexity index is 455. The molecule has 2 heteroatoms. The minimum absolute atomic E-state index is 0.708. The van der Waals surface area contributed by atoms with Crippen LogP contribution in [0.2, 0.25) is 19.6 Å². The molecule has 0 N–H and O–H groups in total. The normalized spacial score (nSPS) is 12.0. The van der Waals surface area contributed by atoms with Crippen molar-refractivity contribution in [2.24, 2.45) is 0 Å². The molecule has 17 heavy (non-hydrogen) atoms. The van der Waals surface area contributed by atoms with Gasteiger partial charge in [-0.05, 0) is 29.7 Å². The monoisotopic (exact) mass is 241 g/mol. The van der Waals surface area contributed by atoms with Crippen LogP contribution in [0.3, 0.4) is 0 Å². The number of nitrogens with zero attached hydrogens (tertiary/aromatic N) is 1. The van der Waals surface area contributed by atoms with Crippen molar-refractivity contribution in [1.82, 2.24) is 0 Å². The molecule has 0 aliphatic carbocycles. The van der Waals surface area contributed by atoms with Gasteiger partial charge in [-0.15, -0.1) is 6.58 Å². The Labute approximate surface area is 105 Å². The second kappa shape index (κ2) is 5.65. The molecule has 0 saturated carbocycles. The van der Waals surface area contributed by atoms with Crippen LogP contribution in [0.4, 0.5) is 0 Å². The second-order valence-corrected chi connectivity index (χ2v) is 10.2. The summed E-state index contributed by atoms with van der Waals surface area (Å²) in [5.41, 5.74) is 5.63. The molecule has 0 radical (unpaired) electrons. The molecule has 1 nitrogen and oxygen atoms in total. The fourth-order valence-electron chi connectivity index (χ4n) is 1.70. The van der Waals surface area contributed by atoms with Crippen molar-refractivity contribution in [3.63, 3.8) is 0 Å². The molecule has 0 aromatic heterocycles. The van der Waals surface area contributed by atoms with Crippen LogP contribution in [0.5, 0.6) is 0 Å². The van der Waals surface area contributed by atoms with Crippen molar-refractivity contribution < 1.29 is 0 Å². The van der Waals surface area contributed by atoms with Gasteiger partial charge >= 0.3 is 0 Å². The van der Waals surface area contributed by atoms with Crippen molar-refractivity contribution in [1.29, 1.82) is 5.26 Å². The van der Waals surface area contributed by atoms with E-state index in [4.69, 9.17) is 5.26 Å². The number of benzene rings is 1. The Kier molecular flexibility index (Phi) is 4.48.